The smallest absolute Gasteiger partial charge is 0.242 e. The van der Waals surface area contributed by atoms with Crippen LogP contribution in [0.3, 0.4) is 0 Å². The van der Waals surface area contributed by atoms with E-state index in [0.717, 1.165) is 31.5 Å². The van der Waals surface area contributed by atoms with Crippen LogP contribution in [0.4, 0.5) is 0 Å². The second kappa shape index (κ2) is 8.15. The van der Waals surface area contributed by atoms with Crippen LogP contribution in [-0.2, 0) is 4.79 Å². The van der Waals surface area contributed by atoms with Crippen LogP contribution < -0.4 is 5.32 Å². The van der Waals surface area contributed by atoms with Gasteiger partial charge in [-0.1, -0.05) is 63.4 Å². The minimum absolute atomic E-state index is 0.140. The molecule has 2 fully saturated rings. The van der Waals surface area contributed by atoms with E-state index in [1.807, 2.05) is 18.2 Å². The van der Waals surface area contributed by atoms with Gasteiger partial charge in [0, 0.05) is 19.1 Å². The second-order valence-corrected chi connectivity index (χ2v) is 8.06. The molecular weight excluding hydrogens is 296 g/mol. The van der Waals surface area contributed by atoms with Gasteiger partial charge in [0.25, 0.3) is 0 Å². The number of carbonyl (C=O) groups is 1. The fourth-order valence-electron chi connectivity index (χ4n) is 4.61. The van der Waals surface area contributed by atoms with Crippen LogP contribution in [0.1, 0.15) is 64.0 Å². The summed E-state index contributed by atoms with van der Waals surface area (Å²) >= 11 is 0. The predicted molar refractivity (Wildman–Crippen MR) is 98.7 cm³/mol. The number of nitrogens with zero attached hydrogens (tertiary/aromatic N) is 1. The number of hydrogen-bond donors (Lipinski definition) is 1. The van der Waals surface area contributed by atoms with Crippen molar-refractivity contribution in [1.29, 1.82) is 0 Å². The summed E-state index contributed by atoms with van der Waals surface area (Å²) in [6, 6.07) is 10.6. The van der Waals surface area contributed by atoms with Crippen LogP contribution in [0.5, 0.6) is 0 Å². The maximum atomic E-state index is 13.2. The molecule has 3 atom stereocenters. The zero-order valence-electron chi connectivity index (χ0n) is 15.2. The third-order valence-corrected chi connectivity index (χ3v) is 5.58. The van der Waals surface area contributed by atoms with Crippen molar-refractivity contribution in [3.63, 3.8) is 0 Å². The molecule has 3 rings (SSSR count). The average molecular weight is 328 g/mol. The average Bonchev–Trinajstić information content (AvgIpc) is 2.56. The number of hydrogen-bond acceptors (Lipinski definition) is 2. The van der Waals surface area contributed by atoms with E-state index < -0.39 is 0 Å². The van der Waals surface area contributed by atoms with E-state index in [0.29, 0.717) is 17.9 Å². The van der Waals surface area contributed by atoms with Gasteiger partial charge in [0.15, 0.2) is 0 Å². The van der Waals surface area contributed by atoms with E-state index in [4.69, 9.17) is 0 Å². The summed E-state index contributed by atoms with van der Waals surface area (Å²) in [6.07, 6.45) is 7.36. The molecule has 24 heavy (non-hydrogen) atoms. The highest BCUT2D eigenvalue weighted by Gasteiger charge is 2.33. The molecule has 0 radical (unpaired) electrons. The summed E-state index contributed by atoms with van der Waals surface area (Å²) < 4.78 is 0. The first-order chi connectivity index (χ1) is 11.6. The number of rotatable bonds is 4. The van der Waals surface area contributed by atoms with E-state index >= 15 is 0 Å². The fraction of sp³-hybridized carbons (Fsp3) is 0.667. The van der Waals surface area contributed by atoms with Crippen molar-refractivity contribution in [2.45, 2.75) is 64.5 Å². The Labute approximate surface area is 146 Å². The molecule has 1 saturated carbocycles. The van der Waals surface area contributed by atoms with Crippen LogP contribution >= 0.6 is 0 Å². The van der Waals surface area contributed by atoms with E-state index in [1.165, 1.54) is 25.7 Å². The largest absolute Gasteiger partial charge is 0.352 e. The van der Waals surface area contributed by atoms with Gasteiger partial charge in [-0.15, -0.1) is 0 Å². The zero-order chi connectivity index (χ0) is 16.9. The van der Waals surface area contributed by atoms with Gasteiger partial charge >= 0.3 is 0 Å². The van der Waals surface area contributed by atoms with Gasteiger partial charge < -0.3 is 5.32 Å². The van der Waals surface area contributed by atoms with Crippen LogP contribution in [0, 0.1) is 11.8 Å². The molecule has 1 amide bonds. The van der Waals surface area contributed by atoms with E-state index in [1.54, 1.807) is 0 Å². The molecule has 0 unspecified atom stereocenters. The van der Waals surface area contributed by atoms with E-state index in [-0.39, 0.29) is 11.9 Å². The number of nitrogens with one attached hydrogen (secondary N) is 1. The standard InChI is InChI=1S/C21H32N2O/c1-16-13-17(2)15-23(14-16)20(18-9-5-3-6-10-18)21(24)22-19-11-7-4-8-12-19/h3,5-6,9-10,16-17,19-20H,4,7-8,11-15H2,1-2H3,(H,22,24)/t16-,17-,20-/m1/s1. The summed E-state index contributed by atoms with van der Waals surface area (Å²) in [4.78, 5) is 15.6. The summed E-state index contributed by atoms with van der Waals surface area (Å²) in [7, 11) is 0. The Morgan fingerprint density at radius 1 is 1.04 bits per heavy atom. The summed E-state index contributed by atoms with van der Waals surface area (Å²) in [5, 5.41) is 3.36. The quantitative estimate of drug-likeness (QED) is 0.900. The SMILES string of the molecule is C[C@@H]1C[C@@H](C)CN([C@@H](C(=O)NC2CCCCC2)c2ccccc2)C1. The minimum Gasteiger partial charge on any atom is -0.352 e. The molecule has 1 aromatic carbocycles. The van der Waals surface area contributed by atoms with Crippen LogP contribution in [-0.4, -0.2) is 29.9 Å². The lowest BCUT2D eigenvalue weighted by Gasteiger charge is -2.40. The summed E-state index contributed by atoms with van der Waals surface area (Å²) in [6.45, 7) is 6.65. The highest BCUT2D eigenvalue weighted by Crippen LogP contribution is 2.30. The van der Waals surface area contributed by atoms with Crippen molar-refractivity contribution in [2.75, 3.05) is 13.1 Å². The maximum absolute atomic E-state index is 13.2. The molecular formula is C21H32N2O. The van der Waals surface area contributed by atoms with Gasteiger partial charge in [0.2, 0.25) is 5.91 Å². The van der Waals surface area contributed by atoms with Crippen LogP contribution in [0.2, 0.25) is 0 Å². The van der Waals surface area contributed by atoms with Crippen molar-refractivity contribution in [2.24, 2.45) is 11.8 Å². The maximum Gasteiger partial charge on any atom is 0.242 e. The van der Waals surface area contributed by atoms with Gasteiger partial charge in [0.05, 0.1) is 0 Å². The number of likely N-dealkylation sites (tertiary alicyclic amines) is 1. The second-order valence-electron chi connectivity index (χ2n) is 8.06. The first-order valence-corrected chi connectivity index (χ1v) is 9.73. The molecule has 132 valence electrons. The molecule has 0 spiro atoms. The fourth-order valence-corrected chi connectivity index (χ4v) is 4.61. The van der Waals surface area contributed by atoms with Gasteiger partial charge in [-0.3, -0.25) is 9.69 Å². The highest BCUT2D eigenvalue weighted by atomic mass is 16.2. The summed E-state index contributed by atoms with van der Waals surface area (Å²) in [5.74, 6) is 1.51. The zero-order valence-corrected chi connectivity index (χ0v) is 15.2. The van der Waals surface area contributed by atoms with Crippen molar-refractivity contribution >= 4 is 5.91 Å². The molecule has 1 aliphatic carbocycles. The molecule has 1 N–H and O–H groups in total. The molecule has 1 heterocycles. The van der Waals surface area contributed by atoms with Gasteiger partial charge in [-0.2, -0.15) is 0 Å². The van der Waals surface area contributed by atoms with Gasteiger partial charge in [-0.25, -0.2) is 0 Å². The van der Waals surface area contributed by atoms with E-state index in [9.17, 15) is 4.79 Å². The third-order valence-electron chi connectivity index (χ3n) is 5.58. The Kier molecular flexibility index (Phi) is 5.94. The first-order valence-electron chi connectivity index (χ1n) is 9.73. The summed E-state index contributed by atoms with van der Waals surface area (Å²) in [5.41, 5.74) is 1.13. The molecule has 1 saturated heterocycles. The molecule has 3 heteroatoms. The minimum atomic E-state index is -0.140. The Morgan fingerprint density at radius 3 is 2.29 bits per heavy atom. The van der Waals surface area contributed by atoms with Crippen LogP contribution in [0.25, 0.3) is 0 Å². The van der Waals surface area contributed by atoms with E-state index in [2.05, 4.69) is 36.2 Å². The van der Waals surface area contributed by atoms with Crippen molar-refractivity contribution in [1.82, 2.24) is 10.2 Å². The topological polar surface area (TPSA) is 32.3 Å². The molecule has 2 aliphatic rings. The highest BCUT2D eigenvalue weighted by molar-refractivity contribution is 5.83. The molecule has 1 aromatic rings. The Balaban J connectivity index is 1.77. The molecule has 0 bridgehead atoms. The van der Waals surface area contributed by atoms with Crippen molar-refractivity contribution in [3.05, 3.63) is 35.9 Å². The van der Waals surface area contributed by atoms with Gasteiger partial charge in [0.1, 0.15) is 6.04 Å². The third kappa shape index (κ3) is 4.38. The predicted octanol–water partition coefficient (Wildman–Crippen LogP) is 4.15. The molecule has 3 nitrogen and oxygen atoms in total. The Bertz CT molecular complexity index is 514. The molecule has 0 aromatic heterocycles. The van der Waals surface area contributed by atoms with Crippen LogP contribution in [0.15, 0.2) is 30.3 Å². The molecule has 1 aliphatic heterocycles. The monoisotopic (exact) mass is 328 g/mol. The Morgan fingerprint density at radius 2 is 1.67 bits per heavy atom. The lowest BCUT2D eigenvalue weighted by Crippen LogP contribution is -2.49. The normalized spacial score (nSPS) is 27.6. The number of piperidine rings is 1. The number of carbonyl (C=O) groups excluding carboxylic acids is 1. The number of amides is 1. The lowest BCUT2D eigenvalue weighted by molar-refractivity contribution is -0.128. The number of benzene rings is 1. The first kappa shape index (κ1) is 17.5. The van der Waals surface area contributed by atoms with Crippen molar-refractivity contribution in [3.8, 4) is 0 Å². The lowest BCUT2D eigenvalue weighted by atomic mass is 9.89. The van der Waals surface area contributed by atoms with Crippen molar-refractivity contribution < 1.29 is 4.79 Å². The Hall–Kier alpha value is -1.35. The van der Waals surface area contributed by atoms with Gasteiger partial charge in [-0.05, 0) is 36.7 Å².